The topological polar surface area (TPSA) is 156 Å². The van der Waals surface area contributed by atoms with Crippen LogP contribution in [0.3, 0.4) is 0 Å². The summed E-state index contributed by atoms with van der Waals surface area (Å²) in [6.45, 7) is 16.7. The van der Waals surface area contributed by atoms with Crippen molar-refractivity contribution in [1.82, 2.24) is 35.3 Å². The van der Waals surface area contributed by atoms with Crippen molar-refractivity contribution in [2.24, 2.45) is 11.7 Å². The van der Waals surface area contributed by atoms with Crippen molar-refractivity contribution < 1.29 is 32.2 Å². The van der Waals surface area contributed by atoms with Gasteiger partial charge in [-0.3, -0.25) is 9.78 Å². The number of anilines is 2. The van der Waals surface area contributed by atoms with Crippen LogP contribution >= 0.6 is 0 Å². The molecule has 17 heteroatoms. The first-order chi connectivity index (χ1) is 30.5. The van der Waals surface area contributed by atoms with Crippen molar-refractivity contribution in [3.05, 3.63) is 89.5 Å². The second kappa shape index (κ2) is 25.3. The van der Waals surface area contributed by atoms with Gasteiger partial charge in [-0.15, -0.1) is 10.2 Å². The molecule has 4 N–H and O–H groups in total. The number of piperazine rings is 1. The quantitative estimate of drug-likeness (QED) is 0.107. The fraction of sp³-hybridized carbons (Fsp3) is 0.543. The predicted octanol–water partition coefficient (Wildman–Crippen LogP) is 6.85. The molecular formula is C46H65F3N10O4. The number of aromatic nitrogens is 4. The molecule has 0 saturated carbocycles. The number of hydrogen-bond donors (Lipinski definition) is 3. The van der Waals surface area contributed by atoms with Gasteiger partial charge in [-0.2, -0.15) is 13.2 Å². The Morgan fingerprint density at radius 2 is 1.68 bits per heavy atom. The van der Waals surface area contributed by atoms with E-state index in [0.717, 1.165) is 66.9 Å². The Balaban J connectivity index is 0.000000328. The number of carbonyl (C=O) groups is 1. The standard InChI is InChI=1S/C34H47N7O3.C10H12F3N3O.C2H6/c1-26-24-27(12-15-35)4-10-32(26)44-30-7-5-29(6-8-30)43-23-3-16-36-34(42)31-9-11-33(38-37-31)41-17-13-28(14-18-41)25-40-21-19-39(2)20-22-40;11-10(12,13)8-4-14-5-9(16-8)15-7-2-1-3-17-6-7;1-2/h4-11,24,28H,3,12-23,25,35H2,1-2H3,(H,36,42);4-5,7H,1-3,6H2,(H,15,16);1-2H3. The molecule has 3 aliphatic heterocycles. The summed E-state index contributed by atoms with van der Waals surface area (Å²) in [5.74, 6) is 3.83. The molecule has 0 radical (unpaired) electrons. The Labute approximate surface area is 370 Å². The maximum atomic E-state index is 12.6. The highest BCUT2D eigenvalue weighted by atomic mass is 19.4. The van der Waals surface area contributed by atoms with Crippen molar-refractivity contribution in [3.63, 3.8) is 0 Å². The van der Waals surface area contributed by atoms with Gasteiger partial charge in [0.1, 0.15) is 23.1 Å². The van der Waals surface area contributed by atoms with Gasteiger partial charge in [-0.1, -0.05) is 26.0 Å². The second-order valence-corrected chi connectivity index (χ2v) is 15.8. The highest BCUT2D eigenvalue weighted by Crippen LogP contribution is 2.29. The van der Waals surface area contributed by atoms with Crippen LogP contribution in [0.2, 0.25) is 0 Å². The molecule has 14 nitrogen and oxygen atoms in total. The van der Waals surface area contributed by atoms with E-state index in [1.165, 1.54) is 57.3 Å². The normalized spacial score (nSPS) is 17.4. The lowest BCUT2D eigenvalue weighted by Crippen LogP contribution is -2.47. The summed E-state index contributed by atoms with van der Waals surface area (Å²) in [6, 6.07) is 17.4. The van der Waals surface area contributed by atoms with Gasteiger partial charge in [0.2, 0.25) is 0 Å². The van der Waals surface area contributed by atoms with Crippen molar-refractivity contribution in [2.45, 2.75) is 71.5 Å². The number of likely N-dealkylation sites (N-methyl/N-ethyl adjacent to an activating group) is 1. The van der Waals surface area contributed by atoms with Gasteiger partial charge in [0.15, 0.2) is 17.2 Å². The Morgan fingerprint density at radius 1 is 0.937 bits per heavy atom. The molecule has 0 bridgehead atoms. The average molecular weight is 879 g/mol. The third kappa shape index (κ3) is 16.2. The van der Waals surface area contributed by atoms with Gasteiger partial charge in [-0.05, 0) is 119 Å². The van der Waals surface area contributed by atoms with Crippen LogP contribution in [0, 0.1) is 12.8 Å². The van der Waals surface area contributed by atoms with Crippen LogP contribution in [0.25, 0.3) is 0 Å². The first-order valence-corrected chi connectivity index (χ1v) is 22.2. The highest BCUT2D eigenvalue weighted by molar-refractivity contribution is 5.92. The first kappa shape index (κ1) is 48.9. The number of aryl methyl sites for hydroxylation is 1. The SMILES string of the molecule is CC.Cc1cc(CCN)ccc1Oc1ccc(OCCCNC(=O)c2ccc(N3CCC(CN4CCN(C)CC4)CC3)nn2)cc1.FC(F)(F)c1cncc(NC2CCCOC2)n1. The van der Waals surface area contributed by atoms with Crippen LogP contribution in [0.4, 0.5) is 24.8 Å². The minimum Gasteiger partial charge on any atom is -0.494 e. The van der Waals surface area contributed by atoms with E-state index in [4.69, 9.17) is 19.9 Å². The maximum Gasteiger partial charge on any atom is 0.434 e. The van der Waals surface area contributed by atoms with E-state index in [0.29, 0.717) is 51.2 Å². The van der Waals surface area contributed by atoms with E-state index in [9.17, 15) is 18.0 Å². The molecule has 3 aliphatic rings. The lowest BCUT2D eigenvalue weighted by Gasteiger charge is -2.38. The molecule has 2 aromatic heterocycles. The first-order valence-electron chi connectivity index (χ1n) is 22.2. The molecule has 3 saturated heterocycles. The van der Waals surface area contributed by atoms with Crippen molar-refractivity contribution in [2.75, 3.05) is 96.0 Å². The number of alkyl halides is 3. The van der Waals surface area contributed by atoms with Crippen LogP contribution in [-0.2, 0) is 17.3 Å². The lowest BCUT2D eigenvalue weighted by molar-refractivity contribution is -0.141. The van der Waals surface area contributed by atoms with Crippen LogP contribution in [-0.4, -0.2) is 128 Å². The highest BCUT2D eigenvalue weighted by Gasteiger charge is 2.33. The van der Waals surface area contributed by atoms with Gasteiger partial charge in [-0.25, -0.2) is 4.98 Å². The number of amides is 1. The minimum atomic E-state index is -4.46. The van der Waals surface area contributed by atoms with Gasteiger partial charge < -0.3 is 45.3 Å². The van der Waals surface area contributed by atoms with Crippen LogP contribution in [0.1, 0.15) is 73.3 Å². The number of carbonyl (C=O) groups excluding carboxylic acids is 1. The number of hydrogen-bond acceptors (Lipinski definition) is 13. The summed E-state index contributed by atoms with van der Waals surface area (Å²) in [5.41, 5.74) is 7.29. The zero-order valence-electron chi connectivity index (χ0n) is 37.2. The average Bonchev–Trinajstić information content (AvgIpc) is 3.30. The number of nitrogens with two attached hydrogens (primary N) is 1. The van der Waals surface area contributed by atoms with Gasteiger partial charge in [0.05, 0.1) is 31.6 Å². The number of nitrogens with one attached hydrogen (secondary N) is 2. The van der Waals surface area contributed by atoms with E-state index in [2.05, 4.69) is 58.6 Å². The number of piperidine rings is 1. The zero-order valence-corrected chi connectivity index (χ0v) is 37.2. The minimum absolute atomic E-state index is 0.00142. The Morgan fingerprint density at radius 3 is 2.33 bits per heavy atom. The van der Waals surface area contributed by atoms with Crippen LogP contribution in [0.5, 0.6) is 17.2 Å². The fourth-order valence-electron chi connectivity index (χ4n) is 7.42. The van der Waals surface area contributed by atoms with Crippen LogP contribution < -0.4 is 30.7 Å². The predicted molar refractivity (Wildman–Crippen MR) is 240 cm³/mol. The molecule has 3 fully saturated rings. The Hall–Kier alpha value is -5.10. The van der Waals surface area contributed by atoms with Gasteiger partial charge >= 0.3 is 6.18 Å². The molecule has 2 aromatic carbocycles. The van der Waals surface area contributed by atoms with E-state index in [1.807, 2.05) is 63.2 Å². The molecule has 0 spiro atoms. The molecule has 1 amide bonds. The molecule has 1 unspecified atom stereocenters. The van der Waals surface area contributed by atoms with E-state index < -0.39 is 11.9 Å². The molecular weight excluding hydrogens is 814 g/mol. The molecule has 7 rings (SSSR count). The number of ether oxygens (including phenoxy) is 3. The largest absolute Gasteiger partial charge is 0.494 e. The summed E-state index contributed by atoms with van der Waals surface area (Å²) in [5, 5.41) is 14.4. The van der Waals surface area contributed by atoms with E-state index >= 15 is 0 Å². The van der Waals surface area contributed by atoms with Crippen molar-refractivity contribution >= 4 is 17.5 Å². The molecule has 0 aliphatic carbocycles. The van der Waals surface area contributed by atoms with E-state index in [1.54, 1.807) is 6.07 Å². The summed E-state index contributed by atoms with van der Waals surface area (Å²) in [6.07, 6.45) is 3.14. The molecule has 4 aromatic rings. The monoisotopic (exact) mass is 879 g/mol. The number of benzene rings is 2. The second-order valence-electron chi connectivity index (χ2n) is 15.8. The number of halogens is 3. The molecule has 63 heavy (non-hydrogen) atoms. The molecule has 1 atom stereocenters. The summed E-state index contributed by atoms with van der Waals surface area (Å²) >= 11 is 0. The number of nitrogens with zero attached hydrogens (tertiary/aromatic N) is 7. The zero-order chi connectivity index (χ0) is 45.0. The number of rotatable bonds is 15. The van der Waals surface area contributed by atoms with E-state index in [-0.39, 0.29) is 17.8 Å². The molecule has 5 heterocycles. The van der Waals surface area contributed by atoms with Gasteiger partial charge in [0, 0.05) is 59.0 Å². The summed E-state index contributed by atoms with van der Waals surface area (Å²) in [7, 11) is 2.20. The smallest absolute Gasteiger partial charge is 0.434 e. The fourth-order valence-corrected chi connectivity index (χ4v) is 7.42. The molecule has 344 valence electrons. The lowest BCUT2D eigenvalue weighted by atomic mass is 9.96. The third-order valence-electron chi connectivity index (χ3n) is 11.0. The Kier molecular flexibility index (Phi) is 19.6. The van der Waals surface area contributed by atoms with Crippen LogP contribution in [0.15, 0.2) is 67.0 Å². The summed E-state index contributed by atoms with van der Waals surface area (Å²) < 4.78 is 54.3. The third-order valence-corrected chi connectivity index (χ3v) is 11.0. The summed E-state index contributed by atoms with van der Waals surface area (Å²) in [4.78, 5) is 26.9. The van der Waals surface area contributed by atoms with Crippen molar-refractivity contribution in [3.8, 4) is 17.2 Å². The van der Waals surface area contributed by atoms with Crippen molar-refractivity contribution in [1.29, 1.82) is 0 Å². The van der Waals surface area contributed by atoms with Gasteiger partial charge in [0.25, 0.3) is 5.91 Å². The maximum absolute atomic E-state index is 12.6. The Bertz CT molecular complexity index is 1940.